The van der Waals surface area contributed by atoms with E-state index in [1.165, 1.54) is 0 Å². The molecule has 2 heterocycles. The van der Waals surface area contributed by atoms with E-state index >= 15 is 0 Å². The largest absolute Gasteiger partial charge is 0.396 e. The van der Waals surface area contributed by atoms with Gasteiger partial charge in [0.25, 0.3) is 0 Å². The third kappa shape index (κ3) is 1.80. The highest BCUT2D eigenvalue weighted by Gasteiger charge is 2.14. The summed E-state index contributed by atoms with van der Waals surface area (Å²) in [6.07, 6.45) is 1.85. The predicted octanol–water partition coefficient (Wildman–Crippen LogP) is 0.809. The average molecular weight is 193 g/mol. The standard InChI is InChI=1S/C10H15N3O/c1-8-6-9(11)10(12-7-8)13-2-4-14-5-3-13/h6-7H,2-5,11H2,1H3. The fraction of sp³-hybridized carbons (Fsp3) is 0.500. The first-order valence-corrected chi connectivity index (χ1v) is 4.82. The van der Waals surface area contributed by atoms with Gasteiger partial charge in [0.1, 0.15) is 0 Å². The molecule has 0 aromatic carbocycles. The van der Waals surface area contributed by atoms with Gasteiger partial charge >= 0.3 is 0 Å². The van der Waals surface area contributed by atoms with E-state index in [1.807, 2.05) is 19.2 Å². The smallest absolute Gasteiger partial charge is 0.151 e. The summed E-state index contributed by atoms with van der Waals surface area (Å²) in [4.78, 5) is 6.51. The first-order valence-electron chi connectivity index (χ1n) is 4.82. The highest BCUT2D eigenvalue weighted by atomic mass is 16.5. The summed E-state index contributed by atoms with van der Waals surface area (Å²) in [7, 11) is 0. The number of hydrogen-bond acceptors (Lipinski definition) is 4. The molecular weight excluding hydrogens is 178 g/mol. The van der Waals surface area contributed by atoms with Crippen molar-refractivity contribution in [3.63, 3.8) is 0 Å². The van der Waals surface area contributed by atoms with Gasteiger partial charge in [-0.3, -0.25) is 0 Å². The van der Waals surface area contributed by atoms with Gasteiger partial charge in [-0.2, -0.15) is 0 Å². The van der Waals surface area contributed by atoms with Crippen LogP contribution in [0.4, 0.5) is 11.5 Å². The van der Waals surface area contributed by atoms with Crippen molar-refractivity contribution in [2.75, 3.05) is 36.9 Å². The van der Waals surface area contributed by atoms with E-state index in [9.17, 15) is 0 Å². The topological polar surface area (TPSA) is 51.4 Å². The van der Waals surface area contributed by atoms with Crippen LogP contribution in [0.5, 0.6) is 0 Å². The van der Waals surface area contributed by atoms with Crippen LogP contribution in [0.3, 0.4) is 0 Å². The lowest BCUT2D eigenvalue weighted by molar-refractivity contribution is 0.122. The van der Waals surface area contributed by atoms with Gasteiger partial charge in [-0.05, 0) is 18.6 Å². The number of nitrogens with zero attached hydrogens (tertiary/aromatic N) is 2. The summed E-state index contributed by atoms with van der Waals surface area (Å²) in [6.45, 7) is 5.26. The fourth-order valence-corrected chi connectivity index (χ4v) is 1.62. The lowest BCUT2D eigenvalue weighted by Crippen LogP contribution is -2.37. The lowest BCUT2D eigenvalue weighted by atomic mass is 10.2. The second-order valence-electron chi connectivity index (χ2n) is 3.52. The number of aromatic nitrogens is 1. The van der Waals surface area contributed by atoms with Gasteiger partial charge in [0.15, 0.2) is 5.82 Å². The van der Waals surface area contributed by atoms with Crippen molar-refractivity contribution in [2.24, 2.45) is 0 Å². The average Bonchev–Trinajstić information content (AvgIpc) is 2.19. The fourth-order valence-electron chi connectivity index (χ4n) is 1.62. The summed E-state index contributed by atoms with van der Waals surface area (Å²) in [5.74, 6) is 0.888. The lowest BCUT2D eigenvalue weighted by Gasteiger charge is -2.28. The molecule has 76 valence electrons. The number of hydrogen-bond donors (Lipinski definition) is 1. The van der Waals surface area contributed by atoms with Gasteiger partial charge in [-0.15, -0.1) is 0 Å². The van der Waals surface area contributed by atoms with E-state index in [0.717, 1.165) is 43.4 Å². The monoisotopic (exact) mass is 193 g/mol. The third-order valence-corrected chi connectivity index (χ3v) is 2.34. The molecule has 1 aromatic heterocycles. The highest BCUT2D eigenvalue weighted by Crippen LogP contribution is 2.21. The number of morpholine rings is 1. The second kappa shape index (κ2) is 3.84. The molecule has 0 atom stereocenters. The third-order valence-electron chi connectivity index (χ3n) is 2.34. The Morgan fingerprint density at radius 2 is 2.14 bits per heavy atom. The molecule has 0 unspecified atom stereocenters. The molecule has 2 rings (SSSR count). The molecule has 0 aliphatic carbocycles. The second-order valence-corrected chi connectivity index (χ2v) is 3.52. The number of aryl methyl sites for hydroxylation is 1. The molecule has 4 nitrogen and oxygen atoms in total. The molecular formula is C10H15N3O. The zero-order valence-corrected chi connectivity index (χ0v) is 8.36. The van der Waals surface area contributed by atoms with Gasteiger partial charge in [-0.25, -0.2) is 4.98 Å². The molecule has 1 saturated heterocycles. The van der Waals surface area contributed by atoms with Crippen molar-refractivity contribution in [1.82, 2.24) is 4.98 Å². The van der Waals surface area contributed by atoms with Crippen molar-refractivity contribution >= 4 is 11.5 Å². The van der Waals surface area contributed by atoms with Crippen LogP contribution in [-0.2, 0) is 4.74 Å². The molecule has 0 bridgehead atoms. The highest BCUT2D eigenvalue weighted by molar-refractivity contribution is 5.63. The molecule has 2 N–H and O–H groups in total. The molecule has 1 aliphatic heterocycles. The summed E-state index contributed by atoms with van der Waals surface area (Å²) < 4.78 is 5.27. The van der Waals surface area contributed by atoms with Crippen LogP contribution >= 0.6 is 0 Å². The number of pyridine rings is 1. The zero-order chi connectivity index (χ0) is 9.97. The van der Waals surface area contributed by atoms with Crippen LogP contribution in [0.25, 0.3) is 0 Å². The van der Waals surface area contributed by atoms with Crippen LogP contribution in [0, 0.1) is 6.92 Å². The maximum Gasteiger partial charge on any atom is 0.151 e. The Kier molecular flexibility index (Phi) is 2.54. The molecule has 4 heteroatoms. The van der Waals surface area contributed by atoms with Crippen molar-refractivity contribution in [3.8, 4) is 0 Å². The Bertz CT molecular complexity index is 321. The molecule has 1 fully saturated rings. The van der Waals surface area contributed by atoms with E-state index in [2.05, 4.69) is 9.88 Å². The Balaban J connectivity index is 2.22. The number of ether oxygens (including phenoxy) is 1. The van der Waals surface area contributed by atoms with Crippen LogP contribution in [0.2, 0.25) is 0 Å². The summed E-state index contributed by atoms with van der Waals surface area (Å²) in [6, 6.07) is 1.96. The minimum Gasteiger partial charge on any atom is -0.396 e. The number of anilines is 2. The number of rotatable bonds is 1. The molecule has 0 spiro atoms. The SMILES string of the molecule is Cc1cnc(N2CCOCC2)c(N)c1. The molecule has 14 heavy (non-hydrogen) atoms. The summed E-state index contributed by atoms with van der Waals surface area (Å²) >= 11 is 0. The Morgan fingerprint density at radius 1 is 1.43 bits per heavy atom. The molecule has 0 radical (unpaired) electrons. The Hall–Kier alpha value is -1.29. The van der Waals surface area contributed by atoms with Gasteiger partial charge in [0, 0.05) is 19.3 Å². The van der Waals surface area contributed by atoms with Crippen LogP contribution in [-0.4, -0.2) is 31.3 Å². The molecule has 0 amide bonds. The minimum absolute atomic E-state index is 0.756. The molecule has 1 aromatic rings. The molecule has 0 saturated carbocycles. The quantitative estimate of drug-likeness (QED) is 0.717. The maximum absolute atomic E-state index is 5.91. The van der Waals surface area contributed by atoms with Gasteiger partial charge in [-0.1, -0.05) is 0 Å². The van der Waals surface area contributed by atoms with Crippen LogP contribution < -0.4 is 10.6 Å². The van der Waals surface area contributed by atoms with E-state index in [4.69, 9.17) is 10.5 Å². The minimum atomic E-state index is 0.756. The van der Waals surface area contributed by atoms with E-state index in [0.29, 0.717) is 0 Å². The number of nitrogens with two attached hydrogens (primary N) is 1. The first kappa shape index (κ1) is 9.27. The maximum atomic E-state index is 5.91. The Morgan fingerprint density at radius 3 is 2.79 bits per heavy atom. The number of nitrogen functional groups attached to an aromatic ring is 1. The Labute approximate surface area is 83.7 Å². The van der Waals surface area contributed by atoms with E-state index in [-0.39, 0.29) is 0 Å². The van der Waals surface area contributed by atoms with Crippen LogP contribution in [0.1, 0.15) is 5.56 Å². The molecule has 1 aliphatic rings. The van der Waals surface area contributed by atoms with E-state index in [1.54, 1.807) is 0 Å². The zero-order valence-electron chi connectivity index (χ0n) is 8.36. The van der Waals surface area contributed by atoms with Crippen molar-refractivity contribution < 1.29 is 4.74 Å². The van der Waals surface area contributed by atoms with Crippen molar-refractivity contribution in [2.45, 2.75) is 6.92 Å². The van der Waals surface area contributed by atoms with Crippen molar-refractivity contribution in [3.05, 3.63) is 17.8 Å². The first-order chi connectivity index (χ1) is 6.77. The van der Waals surface area contributed by atoms with E-state index < -0.39 is 0 Å². The predicted molar refractivity (Wildman–Crippen MR) is 56.4 cm³/mol. The van der Waals surface area contributed by atoms with Crippen molar-refractivity contribution in [1.29, 1.82) is 0 Å². The summed E-state index contributed by atoms with van der Waals surface area (Å²) in [5.41, 5.74) is 7.76. The van der Waals surface area contributed by atoms with Crippen LogP contribution in [0.15, 0.2) is 12.3 Å². The van der Waals surface area contributed by atoms with Gasteiger partial charge in [0.2, 0.25) is 0 Å². The summed E-state index contributed by atoms with van der Waals surface area (Å²) in [5, 5.41) is 0. The van der Waals surface area contributed by atoms with Gasteiger partial charge < -0.3 is 15.4 Å². The normalized spacial score (nSPS) is 17.1. The van der Waals surface area contributed by atoms with Gasteiger partial charge in [0.05, 0.1) is 18.9 Å².